The van der Waals surface area contributed by atoms with Gasteiger partial charge in [-0.15, -0.1) is 0 Å². The first kappa shape index (κ1) is 12.4. The third-order valence-corrected chi connectivity index (χ3v) is 3.04. The lowest BCUT2D eigenvalue weighted by Crippen LogP contribution is -1.84. The van der Waals surface area contributed by atoms with Crippen LogP contribution in [0.25, 0.3) is 0 Å². The van der Waals surface area contributed by atoms with Gasteiger partial charge in [0.25, 0.3) is 0 Å². The number of hydrogen-bond donors (Lipinski definition) is 0. The topological polar surface area (TPSA) is 12.4 Å². The zero-order valence-electron chi connectivity index (χ0n) is 8.70. The molecule has 0 spiro atoms. The highest BCUT2D eigenvalue weighted by molar-refractivity contribution is 6.38. The van der Waals surface area contributed by atoms with Crippen molar-refractivity contribution in [3.63, 3.8) is 0 Å². The van der Waals surface area contributed by atoms with Gasteiger partial charge in [0.15, 0.2) is 0 Å². The zero-order valence-corrected chi connectivity index (χ0v) is 11.0. The average Bonchev–Trinajstić information content (AvgIpc) is 2.28. The van der Waals surface area contributed by atoms with Crippen LogP contribution in [0.15, 0.2) is 47.5 Å². The van der Waals surface area contributed by atoms with Crippen molar-refractivity contribution in [2.45, 2.75) is 0 Å². The maximum atomic E-state index is 6.03. The molecule has 2 aromatic rings. The van der Waals surface area contributed by atoms with Gasteiger partial charge in [-0.2, -0.15) is 0 Å². The highest BCUT2D eigenvalue weighted by Crippen LogP contribution is 2.24. The fraction of sp³-hybridized carbons (Fsp3) is 0. The number of benzene rings is 2. The quantitative estimate of drug-likeness (QED) is 0.655. The summed E-state index contributed by atoms with van der Waals surface area (Å²) in [5.41, 5.74) is 1.46. The second-order valence-corrected chi connectivity index (χ2v) is 4.62. The Morgan fingerprint density at radius 2 is 1.53 bits per heavy atom. The van der Waals surface area contributed by atoms with Crippen molar-refractivity contribution < 1.29 is 0 Å². The number of rotatable bonds is 2. The van der Waals surface area contributed by atoms with Crippen molar-refractivity contribution >= 4 is 46.7 Å². The van der Waals surface area contributed by atoms with E-state index in [1.54, 1.807) is 36.5 Å². The molecule has 0 bridgehead atoms. The molecule has 0 amide bonds. The first-order valence-corrected chi connectivity index (χ1v) is 6.04. The Balaban J connectivity index is 2.32. The van der Waals surface area contributed by atoms with Crippen LogP contribution in [-0.2, 0) is 0 Å². The molecule has 0 N–H and O–H groups in total. The number of hydrogen-bond acceptors (Lipinski definition) is 1. The molecule has 0 saturated heterocycles. The van der Waals surface area contributed by atoms with E-state index in [0.717, 1.165) is 5.69 Å². The minimum absolute atomic E-state index is 0.572. The van der Waals surface area contributed by atoms with Gasteiger partial charge in [0.05, 0.1) is 15.7 Å². The summed E-state index contributed by atoms with van der Waals surface area (Å²) in [5.74, 6) is 0. The standard InChI is InChI=1S/C13H8Cl3N/c14-9-3-1-4-10(7-9)17-8-11-12(15)5-2-6-13(11)16/h1-8H. The van der Waals surface area contributed by atoms with Gasteiger partial charge >= 0.3 is 0 Å². The Morgan fingerprint density at radius 3 is 2.18 bits per heavy atom. The van der Waals surface area contributed by atoms with Crippen LogP contribution in [0.1, 0.15) is 5.56 Å². The van der Waals surface area contributed by atoms with Crippen LogP contribution in [0.5, 0.6) is 0 Å². The summed E-state index contributed by atoms with van der Waals surface area (Å²) in [6, 6.07) is 12.6. The van der Waals surface area contributed by atoms with Crippen molar-refractivity contribution in [1.82, 2.24) is 0 Å². The van der Waals surface area contributed by atoms with Gasteiger partial charge in [-0.05, 0) is 30.3 Å². The molecule has 0 aliphatic carbocycles. The summed E-state index contributed by atoms with van der Waals surface area (Å²) < 4.78 is 0. The van der Waals surface area contributed by atoms with Gasteiger partial charge in [0, 0.05) is 16.8 Å². The van der Waals surface area contributed by atoms with E-state index in [9.17, 15) is 0 Å². The number of nitrogens with zero attached hydrogens (tertiary/aromatic N) is 1. The van der Waals surface area contributed by atoms with Gasteiger partial charge in [0.1, 0.15) is 0 Å². The van der Waals surface area contributed by atoms with Crippen molar-refractivity contribution in [2.24, 2.45) is 4.99 Å². The van der Waals surface area contributed by atoms with Gasteiger partial charge in [-0.3, -0.25) is 4.99 Å². The summed E-state index contributed by atoms with van der Waals surface area (Å²) in [6.45, 7) is 0. The van der Waals surface area contributed by atoms with E-state index < -0.39 is 0 Å². The molecule has 4 heteroatoms. The zero-order chi connectivity index (χ0) is 12.3. The molecule has 0 aliphatic heterocycles. The van der Waals surface area contributed by atoms with E-state index >= 15 is 0 Å². The first-order valence-electron chi connectivity index (χ1n) is 4.90. The Morgan fingerprint density at radius 1 is 0.882 bits per heavy atom. The summed E-state index contributed by atoms with van der Waals surface area (Å²) in [4.78, 5) is 4.28. The Bertz CT molecular complexity index is 544. The molecule has 86 valence electrons. The molecule has 0 heterocycles. The Hall–Kier alpha value is -1.02. The molecule has 0 atom stereocenters. The third-order valence-electron chi connectivity index (χ3n) is 2.15. The van der Waals surface area contributed by atoms with Gasteiger partial charge in [-0.1, -0.05) is 46.9 Å². The molecular weight excluding hydrogens is 277 g/mol. The molecule has 1 nitrogen and oxygen atoms in total. The predicted octanol–water partition coefficient (Wildman–Crippen LogP) is 5.40. The van der Waals surface area contributed by atoms with Crippen molar-refractivity contribution in [1.29, 1.82) is 0 Å². The normalized spacial score (nSPS) is 11.0. The molecule has 0 saturated carbocycles. The second kappa shape index (κ2) is 5.54. The number of aliphatic imine (C=N–C) groups is 1. The molecule has 0 radical (unpaired) electrons. The summed E-state index contributed by atoms with van der Waals surface area (Å²) in [5, 5.41) is 1.79. The van der Waals surface area contributed by atoms with E-state index in [2.05, 4.69) is 4.99 Å². The Kier molecular flexibility index (Phi) is 4.06. The van der Waals surface area contributed by atoms with E-state index in [0.29, 0.717) is 20.6 Å². The molecule has 0 aromatic heterocycles. The third kappa shape index (κ3) is 3.22. The van der Waals surface area contributed by atoms with Gasteiger partial charge in [-0.25, -0.2) is 0 Å². The van der Waals surface area contributed by atoms with E-state index in [4.69, 9.17) is 34.8 Å². The molecular formula is C13H8Cl3N. The van der Waals surface area contributed by atoms with Crippen LogP contribution in [0, 0.1) is 0 Å². The smallest absolute Gasteiger partial charge is 0.0644 e. The van der Waals surface area contributed by atoms with Crippen LogP contribution in [-0.4, -0.2) is 6.21 Å². The fourth-order valence-electron chi connectivity index (χ4n) is 1.33. The molecule has 0 fully saturated rings. The molecule has 0 unspecified atom stereocenters. The number of halogens is 3. The fourth-order valence-corrected chi connectivity index (χ4v) is 2.01. The monoisotopic (exact) mass is 283 g/mol. The van der Waals surface area contributed by atoms with Crippen molar-refractivity contribution in [2.75, 3.05) is 0 Å². The van der Waals surface area contributed by atoms with Gasteiger partial charge < -0.3 is 0 Å². The Labute approximate surface area is 115 Å². The van der Waals surface area contributed by atoms with Gasteiger partial charge in [0.2, 0.25) is 0 Å². The maximum absolute atomic E-state index is 6.03. The molecule has 17 heavy (non-hydrogen) atoms. The van der Waals surface area contributed by atoms with Crippen molar-refractivity contribution in [3.8, 4) is 0 Å². The summed E-state index contributed by atoms with van der Waals surface area (Å²) >= 11 is 17.9. The van der Waals surface area contributed by atoms with Crippen LogP contribution >= 0.6 is 34.8 Å². The van der Waals surface area contributed by atoms with Crippen LogP contribution in [0.4, 0.5) is 5.69 Å². The van der Waals surface area contributed by atoms with E-state index in [-0.39, 0.29) is 0 Å². The van der Waals surface area contributed by atoms with Crippen LogP contribution < -0.4 is 0 Å². The summed E-state index contributed by atoms with van der Waals surface area (Å²) in [7, 11) is 0. The average molecular weight is 285 g/mol. The maximum Gasteiger partial charge on any atom is 0.0644 e. The van der Waals surface area contributed by atoms with Crippen molar-refractivity contribution in [3.05, 3.63) is 63.1 Å². The lowest BCUT2D eigenvalue weighted by molar-refractivity contribution is 1.52. The second-order valence-electron chi connectivity index (χ2n) is 3.37. The lowest BCUT2D eigenvalue weighted by atomic mass is 10.2. The van der Waals surface area contributed by atoms with Crippen LogP contribution in [0.3, 0.4) is 0 Å². The van der Waals surface area contributed by atoms with E-state index in [1.807, 2.05) is 12.1 Å². The van der Waals surface area contributed by atoms with E-state index in [1.165, 1.54) is 0 Å². The lowest BCUT2D eigenvalue weighted by Gasteiger charge is -2.00. The highest BCUT2D eigenvalue weighted by Gasteiger charge is 2.01. The minimum atomic E-state index is 0.572. The first-order chi connectivity index (χ1) is 8.16. The highest BCUT2D eigenvalue weighted by atomic mass is 35.5. The molecule has 2 rings (SSSR count). The van der Waals surface area contributed by atoms with Crippen LogP contribution in [0.2, 0.25) is 15.1 Å². The molecule has 0 aliphatic rings. The predicted molar refractivity (Wildman–Crippen MR) is 75.2 cm³/mol. The molecule has 2 aromatic carbocycles. The summed E-state index contributed by atoms with van der Waals surface area (Å²) in [6.07, 6.45) is 1.64. The SMILES string of the molecule is Clc1cccc(N=Cc2c(Cl)cccc2Cl)c1. The minimum Gasteiger partial charge on any atom is -0.256 e. The largest absolute Gasteiger partial charge is 0.256 e.